The van der Waals surface area contributed by atoms with Gasteiger partial charge in [-0.15, -0.1) is 0 Å². The molecule has 1 N–H and O–H groups in total. The highest BCUT2D eigenvalue weighted by atomic mass is 14.9. The molecule has 0 bridgehead atoms. The number of hydrogen-bond acceptors (Lipinski definition) is 1. The van der Waals surface area contributed by atoms with Gasteiger partial charge in [0.2, 0.25) is 0 Å². The fourth-order valence-electron chi connectivity index (χ4n) is 3.12. The minimum absolute atomic E-state index is 0.513. The van der Waals surface area contributed by atoms with Crippen molar-refractivity contribution in [2.45, 2.75) is 91.6 Å². The number of nitrogens with one attached hydrogen (secondary N) is 1. The summed E-state index contributed by atoms with van der Waals surface area (Å²) in [5.41, 5.74) is 0.513. The van der Waals surface area contributed by atoms with Crippen molar-refractivity contribution in [3.8, 4) is 0 Å². The van der Waals surface area contributed by atoms with Crippen LogP contribution in [0.4, 0.5) is 0 Å². The van der Waals surface area contributed by atoms with Crippen molar-refractivity contribution < 1.29 is 0 Å². The quantitative estimate of drug-likeness (QED) is 0.729. The van der Waals surface area contributed by atoms with Gasteiger partial charge in [0.1, 0.15) is 0 Å². The molecular weight excluding hydrogens is 206 g/mol. The third-order valence-corrected chi connectivity index (χ3v) is 4.46. The SMILES string of the molecule is CCCCC(C)NC1CCC(C(C)(C)C)CC1. The highest BCUT2D eigenvalue weighted by Crippen LogP contribution is 2.37. The molecule has 0 aromatic carbocycles. The summed E-state index contributed by atoms with van der Waals surface area (Å²) in [6.07, 6.45) is 9.64. The molecule has 0 heterocycles. The fourth-order valence-corrected chi connectivity index (χ4v) is 3.12. The van der Waals surface area contributed by atoms with Crippen molar-refractivity contribution in [2.24, 2.45) is 11.3 Å². The van der Waals surface area contributed by atoms with E-state index in [1.165, 1.54) is 44.9 Å². The topological polar surface area (TPSA) is 12.0 Å². The van der Waals surface area contributed by atoms with E-state index in [9.17, 15) is 0 Å². The largest absolute Gasteiger partial charge is 0.312 e. The average Bonchev–Trinajstić information content (AvgIpc) is 2.26. The van der Waals surface area contributed by atoms with Crippen molar-refractivity contribution in [1.82, 2.24) is 5.32 Å². The Bertz CT molecular complexity index is 196. The summed E-state index contributed by atoms with van der Waals surface area (Å²) in [6, 6.07) is 1.51. The van der Waals surface area contributed by atoms with Crippen molar-refractivity contribution in [3.63, 3.8) is 0 Å². The molecule has 1 heteroatoms. The molecule has 0 radical (unpaired) electrons. The molecule has 0 spiro atoms. The lowest BCUT2D eigenvalue weighted by molar-refractivity contribution is 0.156. The Labute approximate surface area is 109 Å². The van der Waals surface area contributed by atoms with Crippen LogP contribution in [0.3, 0.4) is 0 Å². The second-order valence-corrected chi connectivity index (χ2v) is 7.12. The van der Waals surface area contributed by atoms with E-state index in [4.69, 9.17) is 0 Å². The molecule has 1 nitrogen and oxygen atoms in total. The second-order valence-electron chi connectivity index (χ2n) is 7.12. The highest BCUT2D eigenvalue weighted by Gasteiger charge is 2.29. The van der Waals surface area contributed by atoms with E-state index in [1.54, 1.807) is 0 Å². The summed E-state index contributed by atoms with van der Waals surface area (Å²) in [7, 11) is 0. The molecule has 0 aromatic rings. The molecular formula is C16H33N. The molecule has 1 aliphatic rings. The van der Waals surface area contributed by atoms with E-state index >= 15 is 0 Å². The minimum Gasteiger partial charge on any atom is -0.312 e. The summed E-state index contributed by atoms with van der Waals surface area (Å²) in [5, 5.41) is 3.83. The van der Waals surface area contributed by atoms with Crippen LogP contribution in [0.5, 0.6) is 0 Å². The van der Waals surface area contributed by atoms with Crippen LogP contribution in [0, 0.1) is 11.3 Å². The van der Waals surface area contributed by atoms with Crippen LogP contribution in [0.2, 0.25) is 0 Å². The van der Waals surface area contributed by atoms with Crippen LogP contribution in [0.25, 0.3) is 0 Å². The summed E-state index contributed by atoms with van der Waals surface area (Å²) in [5.74, 6) is 0.937. The lowest BCUT2D eigenvalue weighted by Gasteiger charge is -2.38. The lowest BCUT2D eigenvalue weighted by Crippen LogP contribution is -2.40. The van der Waals surface area contributed by atoms with Crippen LogP contribution >= 0.6 is 0 Å². The Morgan fingerprint density at radius 1 is 1.12 bits per heavy atom. The van der Waals surface area contributed by atoms with Crippen LogP contribution in [-0.2, 0) is 0 Å². The third-order valence-electron chi connectivity index (χ3n) is 4.46. The molecule has 0 saturated heterocycles. The van der Waals surface area contributed by atoms with E-state index in [2.05, 4.69) is 39.9 Å². The smallest absolute Gasteiger partial charge is 0.00697 e. The maximum Gasteiger partial charge on any atom is 0.00697 e. The maximum atomic E-state index is 3.83. The Balaban J connectivity index is 2.23. The molecule has 1 saturated carbocycles. The van der Waals surface area contributed by atoms with Gasteiger partial charge in [-0.1, -0.05) is 40.5 Å². The van der Waals surface area contributed by atoms with E-state index in [0.29, 0.717) is 11.5 Å². The monoisotopic (exact) mass is 239 g/mol. The van der Waals surface area contributed by atoms with Gasteiger partial charge < -0.3 is 5.32 Å². The molecule has 1 fully saturated rings. The van der Waals surface area contributed by atoms with Gasteiger partial charge >= 0.3 is 0 Å². The molecule has 102 valence electrons. The second kappa shape index (κ2) is 6.78. The van der Waals surface area contributed by atoms with Gasteiger partial charge in [-0.3, -0.25) is 0 Å². The van der Waals surface area contributed by atoms with Gasteiger partial charge in [0.25, 0.3) is 0 Å². The van der Waals surface area contributed by atoms with Crippen molar-refractivity contribution in [3.05, 3.63) is 0 Å². The first-order valence-electron chi connectivity index (χ1n) is 7.69. The van der Waals surface area contributed by atoms with E-state index < -0.39 is 0 Å². The summed E-state index contributed by atoms with van der Waals surface area (Å²) >= 11 is 0. The van der Waals surface area contributed by atoms with E-state index in [1.807, 2.05) is 0 Å². The first-order valence-corrected chi connectivity index (χ1v) is 7.69. The third kappa shape index (κ3) is 5.42. The predicted molar refractivity (Wildman–Crippen MR) is 77.3 cm³/mol. The summed E-state index contributed by atoms with van der Waals surface area (Å²) < 4.78 is 0. The van der Waals surface area contributed by atoms with E-state index in [0.717, 1.165) is 12.0 Å². The zero-order chi connectivity index (χ0) is 12.9. The molecule has 1 atom stereocenters. The van der Waals surface area contributed by atoms with Gasteiger partial charge in [-0.2, -0.15) is 0 Å². The molecule has 1 aliphatic carbocycles. The summed E-state index contributed by atoms with van der Waals surface area (Å²) in [6.45, 7) is 11.8. The number of rotatable bonds is 5. The normalized spacial score (nSPS) is 28.1. The van der Waals surface area contributed by atoms with Crippen LogP contribution in [0.15, 0.2) is 0 Å². The Morgan fingerprint density at radius 3 is 2.18 bits per heavy atom. The van der Waals surface area contributed by atoms with Gasteiger partial charge in [0, 0.05) is 12.1 Å². The van der Waals surface area contributed by atoms with Gasteiger partial charge in [0.15, 0.2) is 0 Å². The number of hydrogen-bond donors (Lipinski definition) is 1. The molecule has 0 aliphatic heterocycles. The van der Waals surface area contributed by atoms with Crippen molar-refractivity contribution in [2.75, 3.05) is 0 Å². The van der Waals surface area contributed by atoms with Gasteiger partial charge in [-0.05, 0) is 50.4 Å². The standard InChI is InChI=1S/C16H33N/c1-6-7-8-13(2)17-15-11-9-14(10-12-15)16(3,4)5/h13-15,17H,6-12H2,1-5H3. The highest BCUT2D eigenvalue weighted by molar-refractivity contribution is 4.84. The number of unbranched alkanes of at least 4 members (excludes halogenated alkanes) is 1. The van der Waals surface area contributed by atoms with Crippen LogP contribution < -0.4 is 5.32 Å². The van der Waals surface area contributed by atoms with Crippen LogP contribution in [-0.4, -0.2) is 12.1 Å². The first-order chi connectivity index (χ1) is 7.93. The molecule has 0 amide bonds. The molecule has 0 aromatic heterocycles. The minimum atomic E-state index is 0.513. The van der Waals surface area contributed by atoms with Gasteiger partial charge in [-0.25, -0.2) is 0 Å². The summed E-state index contributed by atoms with van der Waals surface area (Å²) in [4.78, 5) is 0. The molecule has 1 rings (SSSR count). The Hall–Kier alpha value is -0.0400. The maximum absolute atomic E-state index is 3.83. The van der Waals surface area contributed by atoms with Gasteiger partial charge in [0.05, 0.1) is 0 Å². The zero-order valence-electron chi connectivity index (χ0n) is 12.7. The average molecular weight is 239 g/mol. The molecule has 1 unspecified atom stereocenters. The lowest BCUT2D eigenvalue weighted by atomic mass is 9.71. The Kier molecular flexibility index (Phi) is 5.99. The van der Waals surface area contributed by atoms with Crippen molar-refractivity contribution >= 4 is 0 Å². The predicted octanol–water partition coefficient (Wildman–Crippen LogP) is 4.76. The molecule has 17 heavy (non-hydrogen) atoms. The first kappa shape index (κ1) is 15.0. The van der Waals surface area contributed by atoms with Crippen molar-refractivity contribution in [1.29, 1.82) is 0 Å². The van der Waals surface area contributed by atoms with E-state index in [-0.39, 0.29) is 0 Å². The fraction of sp³-hybridized carbons (Fsp3) is 1.00. The van der Waals surface area contributed by atoms with Crippen LogP contribution in [0.1, 0.15) is 79.6 Å². The Morgan fingerprint density at radius 2 is 1.71 bits per heavy atom. The zero-order valence-corrected chi connectivity index (χ0v) is 12.7.